The lowest BCUT2D eigenvalue weighted by Crippen LogP contribution is -2.10. The van der Waals surface area contributed by atoms with Gasteiger partial charge in [-0.3, -0.25) is 4.79 Å². The first-order chi connectivity index (χ1) is 15.1. The van der Waals surface area contributed by atoms with Gasteiger partial charge in [0.1, 0.15) is 18.2 Å². The number of aryl methyl sites for hydroxylation is 1. The molecule has 0 aliphatic carbocycles. The number of nitrogens with zero attached hydrogens (tertiary/aromatic N) is 4. The van der Waals surface area contributed by atoms with Crippen molar-refractivity contribution in [3.63, 3.8) is 0 Å². The number of methoxy groups -OCH3 is 1. The summed E-state index contributed by atoms with van der Waals surface area (Å²) < 4.78 is 18.4. The van der Waals surface area contributed by atoms with Crippen LogP contribution in [-0.4, -0.2) is 59.2 Å². The molecule has 9 nitrogen and oxygen atoms in total. The molecule has 3 aromatic heterocycles. The predicted octanol–water partition coefficient (Wildman–Crippen LogP) is 2.87. The molecular weight excluding hydrogens is 398 g/mol. The topological polar surface area (TPSA) is 100 Å². The largest absolute Gasteiger partial charge is 0.491 e. The minimum Gasteiger partial charge on any atom is -0.491 e. The highest BCUT2D eigenvalue weighted by atomic mass is 16.5. The Bertz CT molecular complexity index is 1080. The fraction of sp³-hybridized carbons (Fsp3) is 0.455. The fourth-order valence-electron chi connectivity index (χ4n) is 3.68. The number of hydrogen-bond acceptors (Lipinski definition) is 7. The molecule has 1 amide bonds. The lowest BCUT2D eigenvalue weighted by Gasteiger charge is -2.14. The number of aromatic nitrogens is 4. The summed E-state index contributed by atoms with van der Waals surface area (Å²) in [6.07, 6.45) is 3.41. The van der Waals surface area contributed by atoms with Crippen molar-refractivity contribution in [3.05, 3.63) is 35.8 Å². The minimum absolute atomic E-state index is 0.177. The summed E-state index contributed by atoms with van der Waals surface area (Å²) in [7, 11) is 1.64. The van der Waals surface area contributed by atoms with Crippen molar-refractivity contribution in [3.8, 4) is 11.6 Å². The fourth-order valence-corrected chi connectivity index (χ4v) is 3.68. The molecule has 1 fully saturated rings. The van der Waals surface area contributed by atoms with Gasteiger partial charge in [0.15, 0.2) is 5.82 Å². The molecule has 1 atom stereocenters. The lowest BCUT2D eigenvalue weighted by atomic mass is 10.0. The maximum Gasteiger partial charge on any atom is 0.222 e. The lowest BCUT2D eigenvalue weighted by molar-refractivity contribution is -0.114. The van der Waals surface area contributed by atoms with E-state index < -0.39 is 0 Å². The molecule has 0 saturated carbocycles. The molecule has 0 unspecified atom stereocenters. The zero-order chi connectivity index (χ0) is 21.8. The highest BCUT2D eigenvalue weighted by Crippen LogP contribution is 2.30. The number of fused-ring (bicyclic) bond motifs is 1. The van der Waals surface area contributed by atoms with Crippen LogP contribution in [0.1, 0.15) is 37.6 Å². The zero-order valence-electron chi connectivity index (χ0n) is 18.1. The second-order valence-corrected chi connectivity index (χ2v) is 7.47. The van der Waals surface area contributed by atoms with Crippen molar-refractivity contribution >= 4 is 22.6 Å². The van der Waals surface area contributed by atoms with Crippen LogP contribution in [-0.2, 0) is 20.7 Å². The van der Waals surface area contributed by atoms with Crippen LogP contribution in [0.4, 0.5) is 5.82 Å². The van der Waals surface area contributed by atoms with E-state index in [9.17, 15) is 4.79 Å². The maximum atomic E-state index is 11.5. The van der Waals surface area contributed by atoms with E-state index in [4.69, 9.17) is 24.3 Å². The zero-order valence-corrected chi connectivity index (χ0v) is 18.1. The van der Waals surface area contributed by atoms with Crippen molar-refractivity contribution in [1.82, 2.24) is 19.7 Å². The Kier molecular flexibility index (Phi) is 6.43. The van der Waals surface area contributed by atoms with Crippen molar-refractivity contribution in [2.45, 2.75) is 32.6 Å². The van der Waals surface area contributed by atoms with Crippen LogP contribution in [0.15, 0.2) is 24.4 Å². The summed E-state index contributed by atoms with van der Waals surface area (Å²) in [5.74, 6) is 1.88. The molecule has 1 aliphatic heterocycles. The number of anilines is 1. The van der Waals surface area contributed by atoms with Crippen LogP contribution in [0, 0.1) is 0 Å². The molecule has 0 bridgehead atoms. The van der Waals surface area contributed by atoms with Gasteiger partial charge in [-0.25, -0.2) is 14.6 Å². The Morgan fingerprint density at radius 3 is 2.90 bits per heavy atom. The molecule has 164 valence electrons. The van der Waals surface area contributed by atoms with E-state index in [1.165, 1.54) is 6.92 Å². The molecule has 1 aliphatic rings. The molecule has 4 rings (SSSR count). The maximum absolute atomic E-state index is 11.5. The normalized spacial score (nSPS) is 16.0. The number of rotatable bonds is 8. The van der Waals surface area contributed by atoms with Gasteiger partial charge >= 0.3 is 0 Å². The molecule has 1 saturated heterocycles. The molecule has 3 aromatic rings. The van der Waals surface area contributed by atoms with Gasteiger partial charge in [0.05, 0.1) is 30.1 Å². The van der Waals surface area contributed by atoms with Crippen molar-refractivity contribution in [2.24, 2.45) is 0 Å². The third kappa shape index (κ3) is 4.67. The Morgan fingerprint density at radius 1 is 1.32 bits per heavy atom. The van der Waals surface area contributed by atoms with Gasteiger partial charge in [0.2, 0.25) is 5.91 Å². The first kappa shape index (κ1) is 21.2. The number of carbonyl (C=O) groups excluding carboxylic acids is 1. The Morgan fingerprint density at radius 2 is 2.19 bits per heavy atom. The molecular formula is C22H27N5O4. The number of nitrogens with one attached hydrogen (secondary N) is 1. The van der Waals surface area contributed by atoms with Gasteiger partial charge in [0, 0.05) is 56.3 Å². The molecule has 9 heteroatoms. The monoisotopic (exact) mass is 425 g/mol. The number of amides is 1. The first-order valence-corrected chi connectivity index (χ1v) is 10.5. The van der Waals surface area contributed by atoms with E-state index in [0.717, 1.165) is 41.7 Å². The van der Waals surface area contributed by atoms with E-state index in [1.54, 1.807) is 18.0 Å². The van der Waals surface area contributed by atoms with E-state index in [1.807, 2.05) is 25.1 Å². The minimum atomic E-state index is -0.177. The van der Waals surface area contributed by atoms with Crippen LogP contribution in [0.2, 0.25) is 0 Å². The van der Waals surface area contributed by atoms with Gasteiger partial charge in [0.25, 0.3) is 0 Å². The Labute approximate surface area is 180 Å². The Hall–Kier alpha value is -3.04. The van der Waals surface area contributed by atoms with Gasteiger partial charge in [-0.05, 0) is 12.8 Å². The van der Waals surface area contributed by atoms with Crippen LogP contribution in [0.5, 0.6) is 5.75 Å². The van der Waals surface area contributed by atoms with Crippen molar-refractivity contribution in [2.75, 3.05) is 38.9 Å². The summed E-state index contributed by atoms with van der Waals surface area (Å²) in [5, 5.41) is 8.46. The van der Waals surface area contributed by atoms with E-state index in [2.05, 4.69) is 10.3 Å². The number of ether oxygens (including phenoxy) is 3. The van der Waals surface area contributed by atoms with Gasteiger partial charge in [-0.15, -0.1) is 0 Å². The standard InChI is InChI=1S/C22H27N5O4/c1-4-18-17-12-23-21(24-14(2)28)11-20(17)27(26-18)22-10-16(31-8-7-29-3)9-19(25-22)15-5-6-30-13-15/h9-12,15H,4-8,13H2,1-3H3,(H,23,24,28)/t15-/m0/s1. The quantitative estimate of drug-likeness (QED) is 0.554. The summed E-state index contributed by atoms with van der Waals surface area (Å²) >= 11 is 0. The van der Waals surface area contributed by atoms with Gasteiger partial charge in [-0.2, -0.15) is 5.10 Å². The van der Waals surface area contributed by atoms with Crippen LogP contribution >= 0.6 is 0 Å². The highest BCUT2D eigenvalue weighted by Gasteiger charge is 2.22. The third-order valence-electron chi connectivity index (χ3n) is 5.21. The van der Waals surface area contributed by atoms with E-state index >= 15 is 0 Å². The summed E-state index contributed by atoms with van der Waals surface area (Å²) in [6.45, 7) is 5.82. The molecule has 0 radical (unpaired) electrons. The van der Waals surface area contributed by atoms with Gasteiger partial charge < -0.3 is 19.5 Å². The molecule has 31 heavy (non-hydrogen) atoms. The predicted molar refractivity (Wildman–Crippen MR) is 116 cm³/mol. The third-order valence-corrected chi connectivity index (χ3v) is 5.21. The molecule has 4 heterocycles. The summed E-state index contributed by atoms with van der Waals surface area (Å²) in [4.78, 5) is 20.8. The average molecular weight is 425 g/mol. The average Bonchev–Trinajstić information content (AvgIpc) is 3.41. The van der Waals surface area contributed by atoms with Crippen molar-refractivity contribution in [1.29, 1.82) is 0 Å². The van der Waals surface area contributed by atoms with E-state index in [-0.39, 0.29) is 11.8 Å². The molecule has 0 aromatic carbocycles. The van der Waals surface area contributed by atoms with Crippen LogP contribution in [0.3, 0.4) is 0 Å². The van der Waals surface area contributed by atoms with Gasteiger partial charge in [-0.1, -0.05) is 6.92 Å². The Balaban J connectivity index is 1.81. The van der Waals surface area contributed by atoms with E-state index in [0.29, 0.717) is 37.2 Å². The molecule has 0 spiro atoms. The first-order valence-electron chi connectivity index (χ1n) is 10.5. The number of pyridine rings is 2. The smallest absolute Gasteiger partial charge is 0.222 e. The molecule has 1 N–H and O–H groups in total. The number of carbonyl (C=O) groups is 1. The number of hydrogen-bond donors (Lipinski definition) is 1. The highest BCUT2D eigenvalue weighted by molar-refractivity contribution is 5.91. The second kappa shape index (κ2) is 9.40. The summed E-state index contributed by atoms with van der Waals surface area (Å²) in [5.41, 5.74) is 2.65. The summed E-state index contributed by atoms with van der Waals surface area (Å²) in [6, 6.07) is 5.66. The van der Waals surface area contributed by atoms with Crippen molar-refractivity contribution < 1.29 is 19.0 Å². The SMILES string of the molecule is CCc1nn(-c2cc(OCCOC)cc([C@H]3CCOC3)n2)c2cc(NC(C)=O)ncc12. The second-order valence-electron chi connectivity index (χ2n) is 7.47. The van der Waals surface area contributed by atoms with Crippen LogP contribution < -0.4 is 10.1 Å². The van der Waals surface area contributed by atoms with Crippen LogP contribution in [0.25, 0.3) is 16.7 Å².